The molecule has 19 heavy (non-hydrogen) atoms. The quantitative estimate of drug-likeness (QED) is 0.835. The van der Waals surface area contributed by atoms with Crippen molar-refractivity contribution in [3.8, 4) is 0 Å². The van der Waals surface area contributed by atoms with Crippen molar-refractivity contribution >= 4 is 38.4 Å². The van der Waals surface area contributed by atoms with Crippen molar-refractivity contribution in [1.29, 1.82) is 0 Å². The van der Waals surface area contributed by atoms with Crippen LogP contribution in [0.25, 0.3) is 0 Å². The molecule has 0 aliphatic heterocycles. The average molecular weight is 370 g/mol. The van der Waals surface area contributed by atoms with Crippen LogP contribution in [0.1, 0.15) is 18.4 Å². The number of nitrogens with one attached hydrogen (secondary N) is 1. The zero-order valence-corrected chi connectivity index (χ0v) is 13.8. The summed E-state index contributed by atoms with van der Waals surface area (Å²) in [4.78, 5) is 0.269. The molecule has 1 saturated carbocycles. The van der Waals surface area contributed by atoms with E-state index in [-0.39, 0.29) is 23.3 Å². The summed E-state index contributed by atoms with van der Waals surface area (Å²) in [5, 5.41) is 0. The van der Waals surface area contributed by atoms with Crippen LogP contribution in [0, 0.1) is 12.8 Å². The van der Waals surface area contributed by atoms with Crippen LogP contribution in [0.4, 0.5) is 0 Å². The Morgan fingerprint density at radius 1 is 1.47 bits per heavy atom. The highest BCUT2D eigenvalue weighted by molar-refractivity contribution is 9.10. The van der Waals surface area contributed by atoms with Crippen molar-refractivity contribution < 1.29 is 8.42 Å². The number of sulfonamides is 1. The smallest absolute Gasteiger partial charge is 0.241 e. The molecule has 0 bridgehead atoms. The standard InChI is InChI=1S/C12H17BrN2O2S.ClH/c1-8-3-2-4-11(12(8)13)18(16,17)15-7-10(14)9-5-6-9;/h2-4,9-10,15H,5-7,14H2,1H3;1H. The Kier molecular flexibility index (Phi) is 5.82. The molecular formula is C12H18BrClN2O2S. The van der Waals surface area contributed by atoms with Crippen LogP contribution in [0.5, 0.6) is 0 Å². The van der Waals surface area contributed by atoms with Gasteiger partial charge in [0.2, 0.25) is 10.0 Å². The molecule has 3 N–H and O–H groups in total. The van der Waals surface area contributed by atoms with Crippen LogP contribution in [-0.4, -0.2) is 21.0 Å². The summed E-state index contributed by atoms with van der Waals surface area (Å²) in [7, 11) is -3.49. The van der Waals surface area contributed by atoms with Crippen LogP contribution < -0.4 is 10.5 Å². The lowest BCUT2D eigenvalue weighted by molar-refractivity contribution is 0.547. The third-order valence-electron chi connectivity index (χ3n) is 3.18. The van der Waals surface area contributed by atoms with E-state index < -0.39 is 10.0 Å². The summed E-state index contributed by atoms with van der Waals surface area (Å²) in [5.74, 6) is 0.480. The van der Waals surface area contributed by atoms with Gasteiger partial charge in [0.25, 0.3) is 0 Å². The number of hydrogen-bond donors (Lipinski definition) is 2. The molecule has 1 fully saturated rings. The third kappa shape index (κ3) is 4.16. The van der Waals surface area contributed by atoms with Gasteiger partial charge in [-0.15, -0.1) is 12.4 Å². The summed E-state index contributed by atoms with van der Waals surface area (Å²) < 4.78 is 27.5. The van der Waals surface area contributed by atoms with Crippen molar-refractivity contribution in [3.05, 3.63) is 28.2 Å². The van der Waals surface area contributed by atoms with E-state index in [9.17, 15) is 8.42 Å². The minimum Gasteiger partial charge on any atom is -0.326 e. The third-order valence-corrected chi connectivity index (χ3v) is 5.96. The first-order valence-corrected chi connectivity index (χ1v) is 8.20. The molecule has 0 spiro atoms. The number of nitrogens with two attached hydrogens (primary N) is 1. The Morgan fingerprint density at radius 2 is 2.11 bits per heavy atom. The monoisotopic (exact) mass is 368 g/mol. The summed E-state index contributed by atoms with van der Waals surface area (Å²) in [6.45, 7) is 2.16. The van der Waals surface area contributed by atoms with E-state index in [1.165, 1.54) is 0 Å². The molecule has 0 saturated heterocycles. The Morgan fingerprint density at radius 3 is 2.68 bits per heavy atom. The highest BCUT2D eigenvalue weighted by atomic mass is 79.9. The fraction of sp³-hybridized carbons (Fsp3) is 0.500. The Hall–Kier alpha value is -0.140. The predicted molar refractivity (Wildman–Crippen MR) is 82.0 cm³/mol. The van der Waals surface area contributed by atoms with E-state index in [0.29, 0.717) is 16.9 Å². The van der Waals surface area contributed by atoms with Gasteiger partial charge in [-0.05, 0) is 53.2 Å². The van der Waals surface area contributed by atoms with Crippen LogP contribution in [0.2, 0.25) is 0 Å². The molecule has 1 aliphatic carbocycles. The topological polar surface area (TPSA) is 72.2 Å². The Bertz CT molecular complexity index is 547. The lowest BCUT2D eigenvalue weighted by atomic mass is 10.2. The molecule has 4 nitrogen and oxygen atoms in total. The first-order chi connectivity index (χ1) is 8.42. The number of halogens is 2. The van der Waals surface area contributed by atoms with Crippen LogP contribution in [-0.2, 0) is 10.0 Å². The molecular weight excluding hydrogens is 352 g/mol. The summed E-state index contributed by atoms with van der Waals surface area (Å²) in [6.07, 6.45) is 2.22. The predicted octanol–water partition coefficient (Wildman–Crippen LogP) is 2.19. The van der Waals surface area contributed by atoms with E-state index in [2.05, 4.69) is 20.7 Å². The highest BCUT2D eigenvalue weighted by Gasteiger charge is 2.29. The highest BCUT2D eigenvalue weighted by Crippen LogP contribution is 2.31. The second kappa shape index (κ2) is 6.54. The molecule has 0 radical (unpaired) electrons. The lowest BCUT2D eigenvalue weighted by Crippen LogP contribution is -2.38. The molecule has 2 rings (SSSR count). The number of rotatable bonds is 5. The molecule has 1 unspecified atom stereocenters. The second-order valence-electron chi connectivity index (χ2n) is 4.74. The van der Waals surface area contributed by atoms with Crippen molar-refractivity contribution in [2.24, 2.45) is 11.7 Å². The normalized spacial score (nSPS) is 16.8. The first kappa shape index (κ1) is 16.9. The van der Waals surface area contributed by atoms with Gasteiger partial charge in [0.05, 0.1) is 4.90 Å². The maximum absolute atomic E-state index is 12.2. The molecule has 0 aromatic heterocycles. The largest absolute Gasteiger partial charge is 0.326 e. The van der Waals surface area contributed by atoms with Crippen molar-refractivity contribution in [3.63, 3.8) is 0 Å². The Balaban J connectivity index is 0.00000180. The molecule has 0 amide bonds. The van der Waals surface area contributed by atoms with E-state index in [4.69, 9.17) is 5.73 Å². The van der Waals surface area contributed by atoms with E-state index >= 15 is 0 Å². The minimum atomic E-state index is -3.49. The van der Waals surface area contributed by atoms with Gasteiger partial charge in [-0.25, -0.2) is 13.1 Å². The maximum atomic E-state index is 12.2. The van der Waals surface area contributed by atoms with Crippen molar-refractivity contribution in [2.45, 2.75) is 30.7 Å². The van der Waals surface area contributed by atoms with Gasteiger partial charge in [-0.1, -0.05) is 12.1 Å². The summed E-state index contributed by atoms with van der Waals surface area (Å²) in [5.41, 5.74) is 6.79. The molecule has 7 heteroatoms. The molecule has 1 aromatic rings. The fourth-order valence-corrected chi connectivity index (χ4v) is 3.93. The molecule has 1 aliphatic rings. The van der Waals surface area contributed by atoms with E-state index in [1.807, 2.05) is 13.0 Å². The van der Waals surface area contributed by atoms with Gasteiger partial charge in [0, 0.05) is 17.1 Å². The molecule has 1 atom stereocenters. The first-order valence-electron chi connectivity index (χ1n) is 5.92. The Labute approximate surface area is 128 Å². The van der Waals surface area contributed by atoms with Crippen LogP contribution in [0.3, 0.4) is 0 Å². The molecule has 0 heterocycles. The number of aryl methyl sites for hydroxylation is 1. The van der Waals surface area contributed by atoms with Crippen molar-refractivity contribution in [2.75, 3.05) is 6.54 Å². The summed E-state index contributed by atoms with van der Waals surface area (Å²) in [6, 6.07) is 5.10. The number of benzene rings is 1. The number of hydrogen-bond acceptors (Lipinski definition) is 3. The minimum absolute atomic E-state index is 0. The fourth-order valence-electron chi connectivity index (χ4n) is 1.80. The summed E-state index contributed by atoms with van der Waals surface area (Å²) >= 11 is 3.31. The maximum Gasteiger partial charge on any atom is 0.241 e. The van der Waals surface area contributed by atoms with Gasteiger partial charge in [-0.3, -0.25) is 0 Å². The molecule has 108 valence electrons. The van der Waals surface area contributed by atoms with Gasteiger partial charge >= 0.3 is 0 Å². The average Bonchev–Trinajstić information content (AvgIpc) is 3.13. The van der Waals surface area contributed by atoms with Crippen LogP contribution >= 0.6 is 28.3 Å². The lowest BCUT2D eigenvalue weighted by Gasteiger charge is -2.13. The van der Waals surface area contributed by atoms with Gasteiger partial charge < -0.3 is 5.73 Å². The van der Waals surface area contributed by atoms with Gasteiger partial charge in [0.1, 0.15) is 0 Å². The molecule has 1 aromatic carbocycles. The van der Waals surface area contributed by atoms with Gasteiger partial charge in [0.15, 0.2) is 0 Å². The van der Waals surface area contributed by atoms with E-state index in [1.54, 1.807) is 12.1 Å². The second-order valence-corrected chi connectivity index (χ2v) is 7.27. The van der Waals surface area contributed by atoms with Crippen LogP contribution in [0.15, 0.2) is 27.6 Å². The SMILES string of the molecule is Cc1cccc(S(=O)(=O)NCC(N)C2CC2)c1Br.Cl. The van der Waals surface area contributed by atoms with Gasteiger partial charge in [-0.2, -0.15) is 0 Å². The zero-order chi connectivity index (χ0) is 13.3. The zero-order valence-electron chi connectivity index (χ0n) is 10.6. The van der Waals surface area contributed by atoms with E-state index in [0.717, 1.165) is 18.4 Å². The van der Waals surface area contributed by atoms with Crippen molar-refractivity contribution in [1.82, 2.24) is 4.72 Å².